The number of nitrogens with two attached hydrogens (primary N) is 1. The minimum atomic E-state index is -4.01. The average molecular weight is 433 g/mol. The van der Waals surface area contributed by atoms with Gasteiger partial charge in [-0.3, -0.25) is 4.79 Å². The number of benzene rings is 2. The van der Waals surface area contributed by atoms with Crippen molar-refractivity contribution in [2.75, 3.05) is 11.6 Å². The Morgan fingerprint density at radius 2 is 1.90 bits per heavy atom. The quantitative estimate of drug-likeness (QED) is 0.335. The highest BCUT2D eigenvalue weighted by atomic mass is 32.2. The van der Waals surface area contributed by atoms with Crippen LogP contribution < -0.4 is 10.5 Å². The number of rotatable bonds is 7. The van der Waals surface area contributed by atoms with Crippen LogP contribution in [-0.2, 0) is 16.6 Å². The van der Waals surface area contributed by atoms with Crippen LogP contribution in [0, 0.1) is 5.82 Å². The first kappa shape index (κ1) is 20.9. The van der Waals surface area contributed by atoms with Gasteiger partial charge in [-0.25, -0.2) is 27.9 Å². The van der Waals surface area contributed by atoms with Crippen LogP contribution in [0.2, 0.25) is 0 Å². The van der Waals surface area contributed by atoms with Crippen molar-refractivity contribution in [2.45, 2.75) is 16.6 Å². The summed E-state index contributed by atoms with van der Waals surface area (Å²) in [5.74, 6) is -0.252. The van der Waals surface area contributed by atoms with Crippen LogP contribution in [0.3, 0.4) is 0 Å². The number of hydrogen-bond donors (Lipinski definition) is 2. The van der Waals surface area contributed by atoms with Gasteiger partial charge in [-0.05, 0) is 41.1 Å². The van der Waals surface area contributed by atoms with E-state index in [1.54, 1.807) is 24.3 Å². The van der Waals surface area contributed by atoms with Crippen molar-refractivity contribution in [2.24, 2.45) is 5.14 Å². The van der Waals surface area contributed by atoms with E-state index in [0.29, 0.717) is 40.5 Å². The van der Waals surface area contributed by atoms with Crippen LogP contribution >= 0.6 is 11.8 Å². The van der Waals surface area contributed by atoms with Gasteiger partial charge >= 0.3 is 0 Å². The molecule has 0 atom stereocenters. The van der Waals surface area contributed by atoms with Crippen LogP contribution in [0.15, 0.2) is 58.7 Å². The van der Waals surface area contributed by atoms with E-state index in [2.05, 4.69) is 15.3 Å². The maximum Gasteiger partial charge on any atom is 0.238 e. The molecule has 10 heteroatoms. The zero-order valence-electron chi connectivity index (χ0n) is 15.3. The molecule has 0 saturated heterocycles. The number of hydrogen-bond acceptors (Lipinski definition) is 7. The molecule has 0 radical (unpaired) electrons. The van der Waals surface area contributed by atoms with Crippen LogP contribution in [0.1, 0.15) is 15.9 Å². The highest BCUT2D eigenvalue weighted by Crippen LogP contribution is 2.24. The topological polar surface area (TPSA) is 115 Å². The van der Waals surface area contributed by atoms with E-state index in [1.165, 1.54) is 30.1 Å². The van der Waals surface area contributed by atoms with Gasteiger partial charge in [0.15, 0.2) is 11.4 Å². The summed E-state index contributed by atoms with van der Waals surface area (Å²) in [5, 5.41) is 8.74. The molecule has 0 saturated carbocycles. The highest BCUT2D eigenvalue weighted by molar-refractivity contribution is 7.98. The van der Waals surface area contributed by atoms with Gasteiger partial charge in [-0.15, -0.1) is 0 Å². The Morgan fingerprint density at radius 3 is 2.52 bits per heavy atom. The Balaban J connectivity index is 1.80. The minimum Gasteiger partial charge on any atom is -0.365 e. The number of nitrogens with zero attached hydrogens (tertiary/aromatic N) is 2. The summed E-state index contributed by atoms with van der Waals surface area (Å²) >= 11 is 1.37. The van der Waals surface area contributed by atoms with E-state index in [-0.39, 0.29) is 4.90 Å². The monoisotopic (exact) mass is 432 g/mol. The van der Waals surface area contributed by atoms with Crippen LogP contribution in [0.4, 0.5) is 10.2 Å². The molecule has 150 valence electrons. The SMILES string of the molecule is CSc1ncc(C=O)c(NCc2ccc(-c3cc(F)cc(S(N)(=O)=O)c3)cc2)n1. The van der Waals surface area contributed by atoms with Crippen molar-refractivity contribution >= 4 is 33.9 Å². The van der Waals surface area contributed by atoms with Crippen molar-refractivity contribution in [3.63, 3.8) is 0 Å². The standard InChI is InChI=1S/C19H17FN4O3S2/c1-28-19-23-10-15(11-25)18(24-19)22-9-12-2-4-13(5-3-12)14-6-16(20)8-17(7-14)29(21,26)27/h2-8,10-11H,9H2,1H3,(H2,21,26,27)(H,22,23,24). The molecule has 0 spiro atoms. The van der Waals surface area contributed by atoms with Gasteiger partial charge in [0.25, 0.3) is 0 Å². The summed E-state index contributed by atoms with van der Waals surface area (Å²) in [6.45, 7) is 0.400. The molecular weight excluding hydrogens is 415 g/mol. The first-order chi connectivity index (χ1) is 13.8. The molecule has 7 nitrogen and oxygen atoms in total. The molecular formula is C19H17FN4O3S2. The van der Waals surface area contributed by atoms with Crippen LogP contribution in [-0.4, -0.2) is 30.9 Å². The van der Waals surface area contributed by atoms with Crippen molar-refractivity contribution in [1.29, 1.82) is 0 Å². The number of anilines is 1. The second kappa shape index (κ2) is 8.68. The number of halogens is 1. The molecule has 0 aliphatic heterocycles. The maximum atomic E-state index is 13.8. The Labute approximate surface area is 171 Å². The summed E-state index contributed by atoms with van der Waals surface area (Å²) in [7, 11) is -4.01. The molecule has 0 bridgehead atoms. The molecule has 3 N–H and O–H groups in total. The number of carbonyl (C=O) groups excluding carboxylic acids is 1. The molecule has 3 rings (SSSR count). The van der Waals surface area contributed by atoms with Crippen molar-refractivity contribution < 1.29 is 17.6 Å². The minimum absolute atomic E-state index is 0.284. The molecule has 0 aliphatic carbocycles. The first-order valence-electron chi connectivity index (χ1n) is 8.33. The summed E-state index contributed by atoms with van der Waals surface area (Å²) in [6.07, 6.45) is 3.99. The van der Waals surface area contributed by atoms with Gasteiger partial charge in [0.05, 0.1) is 10.5 Å². The fourth-order valence-corrected chi connectivity index (χ4v) is 3.50. The van der Waals surface area contributed by atoms with Crippen LogP contribution in [0.5, 0.6) is 0 Å². The third kappa shape index (κ3) is 5.17. The van der Waals surface area contributed by atoms with Gasteiger partial charge in [0.2, 0.25) is 10.0 Å². The Kier molecular flexibility index (Phi) is 6.26. The lowest BCUT2D eigenvalue weighted by Crippen LogP contribution is -2.12. The number of carbonyl (C=O) groups is 1. The van der Waals surface area contributed by atoms with Crippen molar-refractivity contribution in [3.8, 4) is 11.1 Å². The van der Waals surface area contributed by atoms with E-state index in [1.807, 2.05) is 6.26 Å². The lowest BCUT2D eigenvalue weighted by atomic mass is 10.0. The Bertz CT molecular complexity index is 1150. The fourth-order valence-electron chi connectivity index (χ4n) is 2.60. The van der Waals surface area contributed by atoms with Gasteiger partial charge in [-0.2, -0.15) is 0 Å². The molecule has 1 heterocycles. The molecule has 0 unspecified atom stereocenters. The molecule has 2 aromatic carbocycles. The summed E-state index contributed by atoms with van der Waals surface area (Å²) in [6, 6.07) is 10.5. The zero-order chi connectivity index (χ0) is 21.0. The molecule has 1 aromatic heterocycles. The third-order valence-electron chi connectivity index (χ3n) is 4.05. The van der Waals surface area contributed by atoms with Gasteiger partial charge in [-0.1, -0.05) is 36.0 Å². The summed E-state index contributed by atoms with van der Waals surface area (Å²) in [4.78, 5) is 19.2. The molecule has 0 fully saturated rings. The normalized spacial score (nSPS) is 11.3. The van der Waals surface area contributed by atoms with Crippen molar-refractivity contribution in [1.82, 2.24) is 9.97 Å². The lowest BCUT2D eigenvalue weighted by Gasteiger charge is -2.10. The first-order valence-corrected chi connectivity index (χ1v) is 11.1. The van der Waals surface area contributed by atoms with Gasteiger partial charge < -0.3 is 5.32 Å². The smallest absolute Gasteiger partial charge is 0.238 e. The number of thioether (sulfide) groups is 1. The summed E-state index contributed by atoms with van der Waals surface area (Å²) < 4.78 is 36.8. The van der Waals surface area contributed by atoms with Gasteiger partial charge in [0, 0.05) is 12.7 Å². The number of aldehydes is 1. The maximum absolute atomic E-state index is 13.8. The van der Waals surface area contributed by atoms with E-state index < -0.39 is 15.8 Å². The molecule has 29 heavy (non-hydrogen) atoms. The number of nitrogens with one attached hydrogen (secondary N) is 1. The third-order valence-corrected chi connectivity index (χ3v) is 5.51. The molecule has 3 aromatic rings. The lowest BCUT2D eigenvalue weighted by molar-refractivity contribution is 0.112. The highest BCUT2D eigenvalue weighted by Gasteiger charge is 2.12. The predicted octanol–water partition coefficient (Wildman–Crippen LogP) is 3.08. The van der Waals surface area contributed by atoms with E-state index in [4.69, 9.17) is 5.14 Å². The molecule has 0 amide bonds. The van der Waals surface area contributed by atoms with E-state index in [0.717, 1.165) is 11.6 Å². The van der Waals surface area contributed by atoms with Gasteiger partial charge in [0.1, 0.15) is 11.6 Å². The summed E-state index contributed by atoms with van der Waals surface area (Å²) in [5.41, 5.74) is 2.28. The predicted molar refractivity (Wildman–Crippen MR) is 110 cm³/mol. The number of sulfonamides is 1. The second-order valence-electron chi connectivity index (χ2n) is 6.05. The number of primary sulfonamides is 1. The second-order valence-corrected chi connectivity index (χ2v) is 8.38. The van der Waals surface area contributed by atoms with E-state index >= 15 is 0 Å². The zero-order valence-corrected chi connectivity index (χ0v) is 16.9. The average Bonchev–Trinajstić information content (AvgIpc) is 2.71. The van der Waals surface area contributed by atoms with Crippen LogP contribution in [0.25, 0.3) is 11.1 Å². The molecule has 0 aliphatic rings. The Morgan fingerprint density at radius 1 is 1.17 bits per heavy atom. The van der Waals surface area contributed by atoms with Crippen molar-refractivity contribution in [3.05, 3.63) is 65.6 Å². The Hall–Kier alpha value is -2.82. The number of aromatic nitrogens is 2. The van der Waals surface area contributed by atoms with E-state index in [9.17, 15) is 17.6 Å². The largest absolute Gasteiger partial charge is 0.365 e. The fraction of sp³-hybridized carbons (Fsp3) is 0.105.